The van der Waals surface area contributed by atoms with E-state index in [1.165, 1.54) is 6.07 Å². The van der Waals surface area contributed by atoms with E-state index >= 15 is 0 Å². The first-order valence-corrected chi connectivity index (χ1v) is 7.84. The van der Waals surface area contributed by atoms with E-state index in [-0.39, 0.29) is 10.6 Å². The van der Waals surface area contributed by atoms with Gasteiger partial charge in [0, 0.05) is 9.50 Å². The molecule has 1 atom stereocenters. The molecule has 0 N–H and O–H groups in total. The van der Waals surface area contributed by atoms with Gasteiger partial charge in [0.25, 0.3) is 0 Å². The normalized spacial score (nSPS) is 12.5. The van der Waals surface area contributed by atoms with Crippen LogP contribution in [0.1, 0.15) is 27.1 Å². The summed E-state index contributed by atoms with van der Waals surface area (Å²) in [6, 6.07) is 9.26. The maximum atomic E-state index is 13.4. The molecule has 0 aliphatic heterocycles. The third-order valence-corrected chi connectivity index (χ3v) is 5.26. The summed E-state index contributed by atoms with van der Waals surface area (Å²) in [5, 5.41) is 0.436. The third kappa shape index (κ3) is 3.21. The largest absolute Gasteiger partial charge is 0.207 e. The molecule has 0 radical (unpaired) electrons. The lowest BCUT2D eigenvalue weighted by Gasteiger charge is -2.15. The lowest BCUT2D eigenvalue weighted by atomic mass is 10.0. The maximum absolute atomic E-state index is 13.4. The summed E-state index contributed by atoms with van der Waals surface area (Å²) >= 11 is 13.3. The zero-order valence-electron chi connectivity index (χ0n) is 10.5. The van der Waals surface area contributed by atoms with Gasteiger partial charge in [0.2, 0.25) is 0 Å². The van der Waals surface area contributed by atoms with Crippen molar-refractivity contribution in [3.05, 3.63) is 67.9 Å². The zero-order chi connectivity index (χ0) is 14.2. The molecule has 0 bridgehead atoms. The maximum Gasteiger partial charge on any atom is 0.127 e. The Morgan fingerprint density at radius 1 is 1.11 bits per heavy atom. The smallest absolute Gasteiger partial charge is 0.127 e. The number of alkyl halides is 1. The topological polar surface area (TPSA) is 0 Å². The first-order valence-electron chi connectivity index (χ1n) is 5.76. The standard InChI is InChI=1S/C15H12Br2ClF/c1-8-5-10(3-4-12(8)16)15(17)11-6-9(2)14(19)7-13(11)18/h3-7,15H,1-2H3. The van der Waals surface area contributed by atoms with Crippen LogP contribution in [0.4, 0.5) is 4.39 Å². The molecule has 2 rings (SSSR count). The molecule has 2 aromatic rings. The third-order valence-electron chi connectivity index (χ3n) is 3.03. The van der Waals surface area contributed by atoms with Crippen molar-refractivity contribution in [2.45, 2.75) is 18.7 Å². The van der Waals surface area contributed by atoms with E-state index in [0.717, 1.165) is 21.2 Å². The number of halogens is 4. The highest BCUT2D eigenvalue weighted by Gasteiger charge is 2.16. The fourth-order valence-corrected chi connectivity index (χ4v) is 3.18. The fraction of sp³-hybridized carbons (Fsp3) is 0.200. The van der Waals surface area contributed by atoms with Crippen LogP contribution in [0.25, 0.3) is 0 Å². The molecule has 0 saturated heterocycles. The Bertz CT molecular complexity index is 626. The number of benzene rings is 2. The molecule has 0 aliphatic rings. The second kappa shape index (κ2) is 5.94. The highest BCUT2D eigenvalue weighted by Crippen LogP contribution is 2.37. The lowest BCUT2D eigenvalue weighted by molar-refractivity contribution is 0.618. The molecule has 0 nitrogen and oxygen atoms in total. The summed E-state index contributed by atoms with van der Waals surface area (Å²) in [5.74, 6) is -0.277. The van der Waals surface area contributed by atoms with Crippen LogP contribution >= 0.6 is 43.5 Å². The average Bonchev–Trinajstić information content (AvgIpc) is 2.36. The van der Waals surface area contributed by atoms with Gasteiger partial charge in [-0.05, 0) is 48.2 Å². The van der Waals surface area contributed by atoms with Crippen molar-refractivity contribution in [2.24, 2.45) is 0 Å². The van der Waals surface area contributed by atoms with Crippen LogP contribution in [0.2, 0.25) is 5.02 Å². The van der Waals surface area contributed by atoms with Gasteiger partial charge in [-0.2, -0.15) is 0 Å². The number of hydrogen-bond donors (Lipinski definition) is 0. The highest BCUT2D eigenvalue weighted by molar-refractivity contribution is 9.10. The summed E-state index contributed by atoms with van der Waals surface area (Å²) in [4.78, 5) is -0.0499. The van der Waals surface area contributed by atoms with Crippen molar-refractivity contribution in [1.29, 1.82) is 0 Å². The van der Waals surface area contributed by atoms with Gasteiger partial charge >= 0.3 is 0 Å². The van der Waals surface area contributed by atoms with E-state index in [1.807, 2.05) is 19.1 Å². The van der Waals surface area contributed by atoms with Crippen molar-refractivity contribution < 1.29 is 4.39 Å². The Kier molecular flexibility index (Phi) is 4.70. The first kappa shape index (κ1) is 15.0. The van der Waals surface area contributed by atoms with Crippen LogP contribution in [-0.4, -0.2) is 0 Å². The zero-order valence-corrected chi connectivity index (χ0v) is 14.4. The minimum atomic E-state index is -0.277. The van der Waals surface area contributed by atoms with Gasteiger partial charge in [0.1, 0.15) is 5.82 Å². The Labute approximate surface area is 134 Å². The summed E-state index contributed by atoms with van der Waals surface area (Å²) in [6.07, 6.45) is 0. The predicted octanol–water partition coefficient (Wildman–Crippen LogP) is 6.34. The van der Waals surface area contributed by atoms with Gasteiger partial charge in [0.15, 0.2) is 0 Å². The van der Waals surface area contributed by atoms with Crippen LogP contribution in [0.5, 0.6) is 0 Å². The van der Waals surface area contributed by atoms with Crippen LogP contribution in [0, 0.1) is 19.7 Å². The van der Waals surface area contributed by atoms with E-state index < -0.39 is 0 Å². The van der Waals surface area contributed by atoms with Gasteiger partial charge in [-0.15, -0.1) is 0 Å². The van der Waals surface area contributed by atoms with Crippen molar-refractivity contribution in [1.82, 2.24) is 0 Å². The first-order chi connectivity index (χ1) is 8.90. The molecule has 100 valence electrons. The van der Waals surface area contributed by atoms with Crippen molar-refractivity contribution >= 4 is 43.5 Å². The number of hydrogen-bond acceptors (Lipinski definition) is 0. The van der Waals surface area contributed by atoms with Crippen LogP contribution in [0.15, 0.2) is 34.8 Å². The molecule has 1 unspecified atom stereocenters. The highest BCUT2D eigenvalue weighted by atomic mass is 79.9. The number of aryl methyl sites for hydroxylation is 2. The molecule has 0 saturated carbocycles. The van der Waals surface area contributed by atoms with E-state index in [9.17, 15) is 4.39 Å². The predicted molar refractivity (Wildman–Crippen MR) is 85.8 cm³/mol. The van der Waals surface area contributed by atoms with Crippen molar-refractivity contribution in [3.63, 3.8) is 0 Å². The van der Waals surface area contributed by atoms with Gasteiger partial charge in [0.05, 0.1) is 4.83 Å². The Balaban J connectivity index is 2.46. The fourth-order valence-electron chi connectivity index (χ4n) is 1.88. The van der Waals surface area contributed by atoms with Gasteiger partial charge in [-0.25, -0.2) is 4.39 Å². The Hall–Kier alpha value is -0.380. The molecule has 4 heteroatoms. The van der Waals surface area contributed by atoms with E-state index in [0.29, 0.717) is 10.6 Å². The Morgan fingerprint density at radius 2 is 1.79 bits per heavy atom. The van der Waals surface area contributed by atoms with Crippen LogP contribution in [-0.2, 0) is 0 Å². The van der Waals surface area contributed by atoms with E-state index in [1.54, 1.807) is 13.0 Å². The summed E-state index contributed by atoms with van der Waals surface area (Å²) < 4.78 is 14.5. The van der Waals surface area contributed by atoms with Crippen molar-refractivity contribution in [2.75, 3.05) is 0 Å². The van der Waals surface area contributed by atoms with Crippen molar-refractivity contribution in [3.8, 4) is 0 Å². The minimum Gasteiger partial charge on any atom is -0.207 e. The van der Waals surface area contributed by atoms with Crippen LogP contribution in [0.3, 0.4) is 0 Å². The lowest BCUT2D eigenvalue weighted by Crippen LogP contribution is -1.97. The molecular weight excluding hydrogens is 394 g/mol. The second-order valence-electron chi connectivity index (χ2n) is 4.49. The van der Waals surface area contributed by atoms with E-state index in [2.05, 4.69) is 37.9 Å². The molecular formula is C15H12Br2ClF. The summed E-state index contributed by atoms with van der Waals surface area (Å²) in [7, 11) is 0. The monoisotopic (exact) mass is 404 g/mol. The summed E-state index contributed by atoms with van der Waals surface area (Å²) in [5.41, 5.74) is 3.71. The molecule has 0 fully saturated rings. The second-order valence-corrected chi connectivity index (χ2v) is 6.67. The molecule has 19 heavy (non-hydrogen) atoms. The van der Waals surface area contributed by atoms with E-state index in [4.69, 9.17) is 11.6 Å². The van der Waals surface area contributed by atoms with Gasteiger partial charge in [-0.1, -0.05) is 61.7 Å². The van der Waals surface area contributed by atoms with Gasteiger partial charge in [-0.3, -0.25) is 0 Å². The average molecular weight is 407 g/mol. The molecule has 0 aliphatic carbocycles. The summed E-state index contributed by atoms with van der Waals surface area (Å²) in [6.45, 7) is 3.77. The SMILES string of the molecule is Cc1cc(C(Br)c2ccc(Br)c(C)c2)c(Cl)cc1F. The molecule has 2 aromatic carbocycles. The molecule has 0 heterocycles. The molecule has 0 amide bonds. The quantitative estimate of drug-likeness (QED) is 0.510. The Morgan fingerprint density at radius 3 is 2.42 bits per heavy atom. The molecule has 0 aromatic heterocycles. The number of rotatable bonds is 2. The van der Waals surface area contributed by atoms with Gasteiger partial charge < -0.3 is 0 Å². The van der Waals surface area contributed by atoms with Crippen LogP contribution < -0.4 is 0 Å². The molecule has 0 spiro atoms. The minimum absolute atomic E-state index is 0.0499.